The molecule has 9 nitrogen and oxygen atoms in total. The largest absolute Gasteiger partial charge is 0.756 e. The van der Waals surface area contributed by atoms with Crippen molar-refractivity contribution in [3.05, 3.63) is 85.1 Å². The topological polar surface area (TPSA) is 114 Å². The first-order chi connectivity index (χ1) is 31.9. The van der Waals surface area contributed by atoms with Gasteiger partial charge in [-0.15, -0.1) is 0 Å². The quantitative estimate of drug-likeness (QED) is 0.0212. The summed E-state index contributed by atoms with van der Waals surface area (Å²) in [7, 11) is 1.12. The zero-order valence-electron chi connectivity index (χ0n) is 43.1. The Bertz CT molecular complexity index is 1410. The van der Waals surface area contributed by atoms with E-state index < -0.39 is 32.5 Å². The predicted octanol–water partition coefficient (Wildman–Crippen LogP) is 14.9. The molecule has 0 saturated heterocycles. The summed E-state index contributed by atoms with van der Waals surface area (Å²) in [4.78, 5) is 39.6. The molecule has 1 N–H and O–H groups in total. The van der Waals surface area contributed by atoms with Gasteiger partial charge in [0, 0.05) is 12.8 Å². The van der Waals surface area contributed by atoms with E-state index in [1.165, 1.54) is 83.5 Å². The molecule has 0 fully saturated rings. The van der Waals surface area contributed by atoms with Crippen LogP contribution in [0.3, 0.4) is 0 Å². The Kier molecular flexibility index (Phi) is 44.0. The van der Waals surface area contributed by atoms with Crippen LogP contribution in [0, 0.1) is 0 Å². The fraction of sp³-hybridized carbons (Fsp3) is 0.714. The smallest absolute Gasteiger partial charge is 0.306 e. The fourth-order valence-corrected chi connectivity index (χ4v) is 7.70. The molecule has 0 saturated carbocycles. The highest BCUT2D eigenvalue weighted by molar-refractivity contribution is 7.45. The Morgan fingerprint density at radius 1 is 0.545 bits per heavy atom. The van der Waals surface area contributed by atoms with Crippen molar-refractivity contribution < 1.29 is 37.3 Å². The maximum atomic E-state index is 13.4. The predicted molar refractivity (Wildman–Crippen MR) is 279 cm³/mol. The molecule has 0 aromatic heterocycles. The van der Waals surface area contributed by atoms with Gasteiger partial charge in [0.15, 0.2) is 0 Å². The van der Waals surface area contributed by atoms with Crippen molar-refractivity contribution >= 4 is 19.7 Å². The number of phosphoric ester groups is 1. The molecule has 0 radical (unpaired) electrons. The van der Waals surface area contributed by atoms with Gasteiger partial charge in [-0.2, -0.15) is 0 Å². The van der Waals surface area contributed by atoms with Gasteiger partial charge in [0.1, 0.15) is 19.3 Å². The summed E-state index contributed by atoms with van der Waals surface area (Å²) in [5, 5.41) is 2.97. The number of carbonyl (C=O) groups excluding carboxylic acids is 2. The third-order valence-electron chi connectivity index (χ3n) is 11.1. The molecule has 0 spiro atoms. The molecule has 0 bridgehead atoms. The molecule has 3 unspecified atom stereocenters. The second-order valence-electron chi connectivity index (χ2n) is 18.6. The van der Waals surface area contributed by atoms with Crippen LogP contribution in [0.2, 0.25) is 0 Å². The summed E-state index contributed by atoms with van der Waals surface area (Å²) in [6, 6.07) is -0.929. The number of unbranched alkanes of at least 4 members (excludes halogenated alkanes) is 18. The summed E-state index contributed by atoms with van der Waals surface area (Å²) in [6.07, 6.45) is 58.5. The number of hydrogen-bond acceptors (Lipinski definition) is 7. The number of rotatable bonds is 46. The highest BCUT2D eigenvalue weighted by Gasteiger charge is 2.27. The number of nitrogens with zero attached hydrogens (tertiary/aromatic N) is 1. The van der Waals surface area contributed by atoms with Crippen LogP contribution < -0.4 is 10.2 Å². The number of likely N-dealkylation sites (N-methyl/N-ethyl adjacent to an activating group) is 1. The van der Waals surface area contributed by atoms with Crippen molar-refractivity contribution in [2.45, 2.75) is 219 Å². The first-order valence-corrected chi connectivity index (χ1v) is 27.9. The number of hydrogen-bond donors (Lipinski definition) is 1. The third-order valence-corrected chi connectivity index (χ3v) is 12.0. The molecule has 0 rings (SSSR count). The van der Waals surface area contributed by atoms with Gasteiger partial charge in [-0.1, -0.05) is 190 Å². The van der Waals surface area contributed by atoms with Crippen LogP contribution in [0.4, 0.5) is 0 Å². The van der Waals surface area contributed by atoms with E-state index in [1.54, 1.807) is 6.08 Å². The van der Waals surface area contributed by atoms with Crippen LogP contribution in [0.15, 0.2) is 85.1 Å². The van der Waals surface area contributed by atoms with Crippen LogP contribution in [-0.2, 0) is 27.9 Å². The summed E-state index contributed by atoms with van der Waals surface area (Å²) >= 11 is 0. The van der Waals surface area contributed by atoms with Crippen LogP contribution in [0.5, 0.6) is 0 Å². The minimum Gasteiger partial charge on any atom is -0.756 e. The van der Waals surface area contributed by atoms with E-state index in [1.807, 2.05) is 33.3 Å². The second-order valence-corrected chi connectivity index (χ2v) is 20.0. The number of phosphoric acid groups is 1. The summed E-state index contributed by atoms with van der Waals surface area (Å²) in [5.74, 6) is -0.664. The standard InChI is InChI=1S/C56H99N2O7P/c1-7-10-13-16-19-22-25-27-28-29-31-33-36-39-42-45-48-55(59)57-53(52-64-66(61,62)63-51-50-58(4,5)6)54(47-44-41-38-35-32-24-21-18-15-12-9-3)65-56(60)49-46-43-40-37-34-30-26-23-20-17-14-11-8-2/h10,13,19,22,27-28,30-31,33-34,40,43-44,47,53-54H,7-9,11-12,14-18,20-21,23-26,29,32,35-39,41-42,45-46,48-52H2,1-6H3,(H-,57,59,61,62)/b13-10+,22-19+,28-27+,33-31+,34-30-,43-40+,47-44+. The highest BCUT2D eigenvalue weighted by Crippen LogP contribution is 2.38. The normalized spacial score (nSPS) is 14.6. The number of ether oxygens (including phenoxy) is 1. The molecule has 66 heavy (non-hydrogen) atoms. The Labute approximate surface area is 406 Å². The van der Waals surface area contributed by atoms with Crippen molar-refractivity contribution in [1.29, 1.82) is 0 Å². The molecule has 3 atom stereocenters. The minimum atomic E-state index is -4.71. The molecule has 0 aliphatic heterocycles. The van der Waals surface area contributed by atoms with Gasteiger partial charge in [-0.3, -0.25) is 14.2 Å². The van der Waals surface area contributed by atoms with E-state index in [2.05, 4.69) is 92.9 Å². The molecule has 0 aliphatic carbocycles. The molecular weight excluding hydrogens is 844 g/mol. The van der Waals surface area contributed by atoms with E-state index in [4.69, 9.17) is 13.8 Å². The van der Waals surface area contributed by atoms with Gasteiger partial charge in [-0.05, 0) is 89.5 Å². The highest BCUT2D eigenvalue weighted by atomic mass is 31.2. The van der Waals surface area contributed by atoms with Crippen molar-refractivity contribution in [3.8, 4) is 0 Å². The Morgan fingerprint density at radius 2 is 0.985 bits per heavy atom. The number of allylic oxidation sites excluding steroid dienone is 13. The van der Waals surface area contributed by atoms with Gasteiger partial charge in [0.25, 0.3) is 7.82 Å². The molecule has 0 heterocycles. The maximum Gasteiger partial charge on any atom is 0.306 e. The third kappa shape index (κ3) is 46.3. The monoisotopic (exact) mass is 943 g/mol. The van der Waals surface area contributed by atoms with Gasteiger partial charge >= 0.3 is 5.97 Å². The SMILES string of the molecule is CC/C=C/C/C=C/C/C=C/C/C=C/CCCCCC(=O)NC(COP(=O)([O-])OCC[N+](C)(C)C)C(/C=C/CCCCCCCCCCC)OC(=O)CC/C=C/C/C=C\CCCCCCCC. The number of esters is 1. The van der Waals surface area contributed by atoms with E-state index in [-0.39, 0.29) is 25.4 Å². The lowest BCUT2D eigenvalue weighted by molar-refractivity contribution is -0.870. The van der Waals surface area contributed by atoms with Gasteiger partial charge in [0.2, 0.25) is 5.91 Å². The van der Waals surface area contributed by atoms with E-state index in [9.17, 15) is 19.0 Å². The van der Waals surface area contributed by atoms with Crippen LogP contribution in [0.1, 0.15) is 207 Å². The van der Waals surface area contributed by atoms with E-state index in [0.29, 0.717) is 23.9 Å². The van der Waals surface area contributed by atoms with Crippen LogP contribution in [0.25, 0.3) is 0 Å². The molecule has 10 heteroatoms. The Balaban J connectivity index is 5.54. The number of nitrogens with one attached hydrogen (secondary N) is 1. The first kappa shape index (κ1) is 63.2. The molecular formula is C56H99N2O7P. The van der Waals surface area contributed by atoms with E-state index >= 15 is 0 Å². The molecule has 0 aliphatic rings. The van der Waals surface area contributed by atoms with E-state index in [0.717, 1.165) is 77.0 Å². The summed E-state index contributed by atoms with van der Waals surface area (Å²) in [6.45, 7) is 6.62. The van der Waals surface area contributed by atoms with Crippen molar-refractivity contribution in [2.24, 2.45) is 0 Å². The first-order valence-electron chi connectivity index (χ1n) is 26.4. The maximum absolute atomic E-state index is 13.4. The van der Waals surface area contributed by atoms with Crippen molar-refractivity contribution in [3.63, 3.8) is 0 Å². The lowest BCUT2D eigenvalue weighted by Crippen LogP contribution is -2.47. The Hall–Kier alpha value is -2.81. The average Bonchev–Trinajstić information content (AvgIpc) is 3.27. The van der Waals surface area contributed by atoms with Gasteiger partial charge < -0.3 is 28.5 Å². The zero-order valence-corrected chi connectivity index (χ0v) is 44.0. The average molecular weight is 943 g/mol. The molecule has 1 amide bonds. The van der Waals surface area contributed by atoms with Crippen molar-refractivity contribution in [2.75, 3.05) is 40.9 Å². The summed E-state index contributed by atoms with van der Waals surface area (Å²) < 4.78 is 30.0. The lowest BCUT2D eigenvalue weighted by Gasteiger charge is -2.30. The molecule has 0 aromatic carbocycles. The zero-order chi connectivity index (χ0) is 48.7. The molecule has 380 valence electrons. The minimum absolute atomic E-state index is 0.0400. The van der Waals surface area contributed by atoms with Gasteiger partial charge in [-0.25, -0.2) is 0 Å². The molecule has 0 aromatic rings. The lowest BCUT2D eigenvalue weighted by atomic mass is 10.1. The fourth-order valence-electron chi connectivity index (χ4n) is 6.97. The number of amides is 1. The Morgan fingerprint density at radius 3 is 1.48 bits per heavy atom. The van der Waals surface area contributed by atoms with Gasteiger partial charge in [0.05, 0.1) is 33.8 Å². The second kappa shape index (κ2) is 45.9. The summed E-state index contributed by atoms with van der Waals surface area (Å²) in [5.41, 5.74) is 0. The van der Waals surface area contributed by atoms with Crippen molar-refractivity contribution in [1.82, 2.24) is 5.32 Å². The van der Waals surface area contributed by atoms with Crippen LogP contribution >= 0.6 is 7.82 Å². The number of carbonyl (C=O) groups is 2. The number of quaternary nitrogens is 1. The van der Waals surface area contributed by atoms with Crippen LogP contribution in [-0.4, -0.2) is 69.4 Å².